The van der Waals surface area contributed by atoms with Gasteiger partial charge in [0.25, 0.3) is 0 Å². The van der Waals surface area contributed by atoms with E-state index in [0.717, 1.165) is 38.4 Å². The standard InChI is InChI=1S/C46H69NO12/c1-41(2)31-17-16-28-29(21-32(48)46(8)27(19-20-45(28,46)7)26-15-18-33(42(3,4)55)59-39(26)53)44(31,6)22-30(38(41)52)58-35(50)24-43(5,56)23-34(49)47-36(40(54)57-9)37(51)25-13-11-10-12-14-25/h10-14,26-27,30-33,36-39,48,51-53,55-56H,15-24H2,1-9H3,(H,47,49)/t26-,27-,30-,31?,32+,33-,36+,37?,38+,39?,43?,44-,45+,46+/m1/s1. The molecule has 2 saturated carbocycles. The Hall–Kier alpha value is -2.91. The summed E-state index contributed by atoms with van der Waals surface area (Å²) in [6, 6.07) is 6.82. The van der Waals surface area contributed by atoms with Gasteiger partial charge in [0.15, 0.2) is 12.3 Å². The zero-order chi connectivity index (χ0) is 43.7. The summed E-state index contributed by atoms with van der Waals surface area (Å²) in [4.78, 5) is 39.4. The van der Waals surface area contributed by atoms with Gasteiger partial charge in [-0.15, -0.1) is 0 Å². The lowest BCUT2D eigenvalue weighted by Gasteiger charge is -2.64. The van der Waals surface area contributed by atoms with E-state index >= 15 is 0 Å². The van der Waals surface area contributed by atoms with Crippen molar-refractivity contribution in [3.05, 3.63) is 47.0 Å². The van der Waals surface area contributed by atoms with Crippen molar-refractivity contribution in [1.82, 2.24) is 5.32 Å². The molecule has 1 aromatic carbocycles. The Labute approximate surface area is 348 Å². The SMILES string of the molecule is COC(=O)[C@@H](NC(=O)CC(C)(O)CC(=O)O[C@@H]1C[C@]2(C)C3=C(CCC2C(C)(C)[C@H]1O)[C@]1(C)CC[C@H]([C@H]2CC[C@H](C(C)(C)O)OC2O)[C@@]1(C)[C@@H](O)C3)C(O)c1ccccc1. The summed E-state index contributed by atoms with van der Waals surface area (Å²) in [5.74, 6) is -2.65. The van der Waals surface area contributed by atoms with Crippen molar-refractivity contribution in [2.45, 2.75) is 174 Å². The Bertz CT molecular complexity index is 1770. The van der Waals surface area contributed by atoms with Crippen molar-refractivity contribution in [2.75, 3.05) is 7.11 Å². The highest BCUT2D eigenvalue weighted by molar-refractivity contribution is 5.86. The second-order valence-electron chi connectivity index (χ2n) is 20.6. The van der Waals surface area contributed by atoms with E-state index in [4.69, 9.17) is 14.2 Å². The number of hydrogen-bond donors (Lipinski definition) is 7. The fourth-order valence-electron chi connectivity index (χ4n) is 12.8. The Morgan fingerprint density at radius 2 is 1.59 bits per heavy atom. The molecule has 0 spiro atoms. The van der Waals surface area contributed by atoms with Crippen molar-refractivity contribution in [3.63, 3.8) is 0 Å². The lowest BCUT2D eigenvalue weighted by Crippen LogP contribution is -2.62. The summed E-state index contributed by atoms with van der Waals surface area (Å²) in [5, 5.41) is 70.7. The van der Waals surface area contributed by atoms with Crippen molar-refractivity contribution in [3.8, 4) is 0 Å². The number of allylic oxidation sites excluding steroid dienone is 1. The third-order valence-electron chi connectivity index (χ3n) is 16.1. The molecule has 14 atom stereocenters. The maximum atomic E-state index is 13.6. The van der Waals surface area contributed by atoms with Crippen LogP contribution in [-0.2, 0) is 28.6 Å². The first-order chi connectivity index (χ1) is 27.3. The van der Waals surface area contributed by atoms with Crippen LogP contribution in [0, 0.1) is 39.4 Å². The Morgan fingerprint density at radius 3 is 2.20 bits per heavy atom. The van der Waals surface area contributed by atoms with Crippen molar-refractivity contribution >= 4 is 17.8 Å². The normalized spacial score (nSPS) is 38.8. The number of ether oxygens (including phenoxy) is 3. The van der Waals surface area contributed by atoms with Crippen LogP contribution >= 0.6 is 0 Å². The molecular weight excluding hydrogens is 759 g/mol. The van der Waals surface area contributed by atoms with Crippen molar-refractivity contribution in [2.24, 2.45) is 39.4 Å². The highest BCUT2D eigenvalue weighted by atomic mass is 16.6. The van der Waals surface area contributed by atoms with E-state index in [2.05, 4.69) is 26.1 Å². The summed E-state index contributed by atoms with van der Waals surface area (Å²) in [7, 11) is 1.13. The molecule has 4 aliphatic carbocycles. The number of hydrogen-bond acceptors (Lipinski definition) is 12. The predicted octanol–water partition coefficient (Wildman–Crippen LogP) is 4.40. The van der Waals surface area contributed by atoms with E-state index in [-0.39, 0.29) is 23.2 Å². The first-order valence-electron chi connectivity index (χ1n) is 21.5. The number of fused-ring (bicyclic) bond motifs is 4. The van der Waals surface area contributed by atoms with Crippen molar-refractivity contribution in [1.29, 1.82) is 0 Å². The molecule has 1 aromatic rings. The number of benzene rings is 1. The van der Waals surface area contributed by atoms with Gasteiger partial charge in [-0.2, -0.15) is 0 Å². The number of methoxy groups -OCH3 is 1. The van der Waals surface area contributed by atoms with Crippen LogP contribution in [0.1, 0.15) is 131 Å². The number of carbonyl (C=O) groups excluding carboxylic acids is 3. The van der Waals surface area contributed by atoms with Crippen LogP contribution < -0.4 is 5.32 Å². The molecule has 4 unspecified atom stereocenters. The summed E-state index contributed by atoms with van der Waals surface area (Å²) in [6.07, 6.45) is -1.48. The molecule has 1 amide bonds. The average molecular weight is 828 g/mol. The molecule has 3 fully saturated rings. The molecule has 1 saturated heterocycles. The van der Waals surface area contributed by atoms with E-state index < -0.39 is 101 Å². The molecule has 0 aromatic heterocycles. The van der Waals surface area contributed by atoms with E-state index in [1.54, 1.807) is 44.2 Å². The van der Waals surface area contributed by atoms with Gasteiger partial charge in [-0.1, -0.05) is 76.1 Å². The van der Waals surface area contributed by atoms with Crippen LogP contribution in [0.25, 0.3) is 0 Å². The fraction of sp³-hybridized carbons (Fsp3) is 0.761. The topological polar surface area (TPSA) is 212 Å². The smallest absolute Gasteiger partial charge is 0.331 e. The van der Waals surface area contributed by atoms with Gasteiger partial charge in [-0.05, 0) is 106 Å². The first kappa shape index (κ1) is 45.6. The average Bonchev–Trinajstić information content (AvgIpc) is 3.43. The van der Waals surface area contributed by atoms with Crippen LogP contribution in [0.15, 0.2) is 41.5 Å². The summed E-state index contributed by atoms with van der Waals surface area (Å²) in [6.45, 7) is 15.3. The van der Waals surface area contributed by atoms with Gasteiger partial charge in [0.05, 0.1) is 49.5 Å². The Morgan fingerprint density at radius 1 is 0.932 bits per heavy atom. The van der Waals surface area contributed by atoms with Gasteiger partial charge in [-0.25, -0.2) is 4.79 Å². The zero-order valence-corrected chi connectivity index (χ0v) is 36.4. The number of amides is 1. The Kier molecular flexibility index (Phi) is 12.4. The zero-order valence-electron chi connectivity index (χ0n) is 36.4. The molecule has 0 bridgehead atoms. The van der Waals surface area contributed by atoms with Crippen LogP contribution in [-0.4, -0.2) is 104 Å². The monoisotopic (exact) mass is 827 g/mol. The second-order valence-corrected chi connectivity index (χ2v) is 20.6. The van der Waals surface area contributed by atoms with E-state index in [0.29, 0.717) is 31.2 Å². The van der Waals surface area contributed by atoms with Gasteiger partial charge in [-0.3, -0.25) is 9.59 Å². The number of esters is 2. The summed E-state index contributed by atoms with van der Waals surface area (Å²) >= 11 is 0. The number of aliphatic hydroxyl groups excluding tert-OH is 4. The molecule has 330 valence electrons. The minimum absolute atomic E-state index is 0.00619. The molecule has 1 aliphatic heterocycles. The minimum atomic E-state index is -1.90. The molecular formula is C46H69NO12. The molecule has 0 radical (unpaired) electrons. The highest BCUT2D eigenvalue weighted by Gasteiger charge is 2.68. The van der Waals surface area contributed by atoms with Gasteiger partial charge >= 0.3 is 11.9 Å². The van der Waals surface area contributed by atoms with Gasteiger partial charge in [0.2, 0.25) is 5.91 Å². The Balaban J connectivity index is 1.18. The van der Waals surface area contributed by atoms with Crippen LogP contribution in [0.5, 0.6) is 0 Å². The van der Waals surface area contributed by atoms with Gasteiger partial charge in [0.1, 0.15) is 12.2 Å². The lowest BCUT2D eigenvalue weighted by atomic mass is 9.42. The molecule has 13 heteroatoms. The summed E-state index contributed by atoms with van der Waals surface area (Å²) < 4.78 is 16.9. The van der Waals surface area contributed by atoms with E-state index in [9.17, 15) is 45.0 Å². The number of aliphatic hydroxyl groups is 6. The molecule has 6 rings (SSSR count). The lowest BCUT2D eigenvalue weighted by molar-refractivity contribution is -0.251. The molecule has 7 N–H and O–H groups in total. The third-order valence-corrected chi connectivity index (χ3v) is 16.1. The van der Waals surface area contributed by atoms with E-state index in [1.807, 2.05) is 13.8 Å². The maximum Gasteiger partial charge on any atom is 0.331 e. The maximum absolute atomic E-state index is 13.6. The predicted molar refractivity (Wildman–Crippen MR) is 217 cm³/mol. The minimum Gasteiger partial charge on any atom is -0.467 e. The molecule has 1 heterocycles. The highest BCUT2D eigenvalue weighted by Crippen LogP contribution is 2.73. The van der Waals surface area contributed by atoms with E-state index in [1.165, 1.54) is 12.5 Å². The molecule has 13 nitrogen and oxygen atoms in total. The quantitative estimate of drug-likeness (QED) is 0.122. The number of nitrogens with one attached hydrogen (secondary N) is 1. The fourth-order valence-corrected chi connectivity index (χ4v) is 12.8. The van der Waals surface area contributed by atoms with Gasteiger partial charge in [0, 0.05) is 11.3 Å². The van der Waals surface area contributed by atoms with Crippen LogP contribution in [0.3, 0.4) is 0 Å². The first-order valence-corrected chi connectivity index (χ1v) is 21.5. The summed E-state index contributed by atoms with van der Waals surface area (Å²) in [5.41, 5.74) is -2.27. The number of carbonyl (C=O) groups is 3. The van der Waals surface area contributed by atoms with Crippen LogP contribution in [0.4, 0.5) is 0 Å². The largest absolute Gasteiger partial charge is 0.467 e. The molecule has 59 heavy (non-hydrogen) atoms. The number of rotatable bonds is 11. The molecule has 5 aliphatic rings. The van der Waals surface area contributed by atoms with Crippen molar-refractivity contribution < 1.29 is 59.2 Å². The second kappa shape index (κ2) is 16.1. The third kappa shape index (κ3) is 8.03. The van der Waals surface area contributed by atoms with Gasteiger partial charge < -0.3 is 50.2 Å². The van der Waals surface area contributed by atoms with Crippen LogP contribution in [0.2, 0.25) is 0 Å².